The van der Waals surface area contributed by atoms with Gasteiger partial charge in [-0.15, -0.1) is 0 Å². The van der Waals surface area contributed by atoms with E-state index in [1.54, 1.807) is 4.90 Å². The van der Waals surface area contributed by atoms with Gasteiger partial charge in [0, 0.05) is 34.8 Å². The predicted molar refractivity (Wildman–Crippen MR) is 143 cm³/mol. The number of esters is 1. The molecule has 0 N–H and O–H groups in total. The summed E-state index contributed by atoms with van der Waals surface area (Å²) in [7, 11) is 0. The summed E-state index contributed by atoms with van der Waals surface area (Å²) in [5.74, 6) is 1.00. The minimum Gasteiger partial charge on any atom is -0.460 e. The van der Waals surface area contributed by atoms with Gasteiger partial charge >= 0.3 is 5.97 Å². The lowest BCUT2D eigenvalue weighted by Crippen LogP contribution is -2.30. The highest BCUT2D eigenvalue weighted by atomic mass is 35.5. The number of aromatic nitrogens is 2. The number of anilines is 1. The Balaban J connectivity index is 1.26. The molecule has 0 unspecified atom stereocenters. The lowest BCUT2D eigenvalue weighted by atomic mass is 9.96. The van der Waals surface area contributed by atoms with Crippen molar-refractivity contribution in [2.75, 3.05) is 11.4 Å². The molecule has 2 aromatic carbocycles. The second-order valence-electron chi connectivity index (χ2n) is 10.9. The van der Waals surface area contributed by atoms with Gasteiger partial charge in [0.05, 0.1) is 6.42 Å². The van der Waals surface area contributed by atoms with Crippen LogP contribution in [0.3, 0.4) is 0 Å². The number of fused-ring (bicyclic) bond motifs is 1. The molecular formula is C29H32ClN3O4. The Labute approximate surface area is 222 Å². The molecule has 0 radical (unpaired) electrons. The van der Waals surface area contributed by atoms with Crippen LogP contribution < -0.4 is 4.90 Å². The molecule has 1 aromatic heterocycles. The molecule has 194 valence electrons. The van der Waals surface area contributed by atoms with Crippen molar-refractivity contribution in [2.45, 2.75) is 77.2 Å². The van der Waals surface area contributed by atoms with E-state index in [-0.39, 0.29) is 24.7 Å². The molecule has 0 bridgehead atoms. The van der Waals surface area contributed by atoms with Crippen LogP contribution in [0.5, 0.6) is 0 Å². The molecule has 1 aliphatic carbocycles. The van der Waals surface area contributed by atoms with Gasteiger partial charge in [0.1, 0.15) is 5.60 Å². The number of carbonyl (C=O) groups excluding carboxylic acids is 2. The molecule has 7 nitrogen and oxygen atoms in total. The van der Waals surface area contributed by atoms with Gasteiger partial charge in [-0.2, -0.15) is 4.98 Å². The number of carbonyl (C=O) groups is 2. The first-order chi connectivity index (χ1) is 17.7. The van der Waals surface area contributed by atoms with E-state index in [2.05, 4.69) is 16.2 Å². The molecule has 37 heavy (non-hydrogen) atoms. The molecule has 2 heterocycles. The van der Waals surface area contributed by atoms with Crippen LogP contribution >= 0.6 is 11.6 Å². The van der Waals surface area contributed by atoms with Crippen molar-refractivity contribution in [3.63, 3.8) is 0 Å². The van der Waals surface area contributed by atoms with E-state index in [1.807, 2.05) is 51.1 Å². The minimum absolute atomic E-state index is 0.0668. The Hall–Kier alpha value is -3.19. The number of rotatable bonds is 6. The first-order valence-electron chi connectivity index (χ1n) is 13.0. The van der Waals surface area contributed by atoms with E-state index >= 15 is 0 Å². The standard InChI is InChI=1S/C29H32ClN3O4/c1-29(2,3)36-26(35)13-12-25(34)33-15-14-19-16-20(9-11-24(19)33)27-31-28(37-32-27)21-8-10-22(23(30)17-21)18-6-4-5-7-18/h8-11,16-18H,4-7,12-15H2,1-3H3. The monoisotopic (exact) mass is 521 g/mol. The van der Waals surface area contributed by atoms with Crippen LogP contribution in [-0.2, 0) is 20.7 Å². The first kappa shape index (κ1) is 25.5. The van der Waals surface area contributed by atoms with Crippen LogP contribution in [-0.4, -0.2) is 34.2 Å². The maximum Gasteiger partial charge on any atom is 0.306 e. The molecule has 3 aromatic rings. The number of amides is 1. The van der Waals surface area contributed by atoms with Crippen LogP contribution in [0.25, 0.3) is 22.8 Å². The van der Waals surface area contributed by atoms with Gasteiger partial charge in [-0.3, -0.25) is 9.59 Å². The Bertz CT molecular complexity index is 1320. The van der Waals surface area contributed by atoms with Crippen LogP contribution in [0.15, 0.2) is 40.9 Å². The number of halogens is 1. The third-order valence-electron chi connectivity index (χ3n) is 6.97. The summed E-state index contributed by atoms with van der Waals surface area (Å²) in [6.07, 6.45) is 5.81. The number of benzene rings is 2. The van der Waals surface area contributed by atoms with E-state index in [1.165, 1.54) is 31.2 Å². The Morgan fingerprint density at radius 3 is 2.57 bits per heavy atom. The quantitative estimate of drug-likeness (QED) is 0.334. The number of ether oxygens (including phenoxy) is 1. The fraction of sp³-hybridized carbons (Fsp3) is 0.448. The van der Waals surface area contributed by atoms with Crippen LogP contribution in [0.4, 0.5) is 5.69 Å². The molecule has 1 saturated carbocycles. The maximum absolute atomic E-state index is 12.8. The summed E-state index contributed by atoms with van der Waals surface area (Å²) in [6, 6.07) is 11.8. The smallest absolute Gasteiger partial charge is 0.306 e. The molecule has 0 spiro atoms. The molecule has 1 fully saturated rings. The zero-order valence-corrected chi connectivity index (χ0v) is 22.3. The van der Waals surface area contributed by atoms with Crippen LogP contribution in [0.1, 0.15) is 76.3 Å². The van der Waals surface area contributed by atoms with Crippen molar-refractivity contribution in [3.05, 3.63) is 52.5 Å². The largest absolute Gasteiger partial charge is 0.460 e. The maximum atomic E-state index is 12.8. The van der Waals surface area contributed by atoms with Crippen LogP contribution in [0, 0.1) is 0 Å². The Morgan fingerprint density at radius 2 is 1.84 bits per heavy atom. The van der Waals surface area contributed by atoms with Crippen LogP contribution in [0.2, 0.25) is 5.02 Å². The van der Waals surface area contributed by atoms with Crippen molar-refractivity contribution >= 4 is 29.2 Å². The highest BCUT2D eigenvalue weighted by Gasteiger charge is 2.27. The summed E-state index contributed by atoms with van der Waals surface area (Å²) >= 11 is 6.61. The molecule has 1 aliphatic heterocycles. The molecule has 8 heteroatoms. The molecule has 1 amide bonds. The van der Waals surface area contributed by atoms with E-state index in [0.29, 0.717) is 24.2 Å². The number of nitrogens with zero attached hydrogens (tertiary/aromatic N) is 3. The third kappa shape index (κ3) is 5.72. The SMILES string of the molecule is CC(C)(C)OC(=O)CCC(=O)N1CCc2cc(-c3noc(-c4ccc(C5CCCC5)c(Cl)c4)n3)ccc21. The molecular weight excluding hydrogens is 490 g/mol. The lowest BCUT2D eigenvalue weighted by molar-refractivity contribution is -0.155. The second-order valence-corrected chi connectivity index (χ2v) is 11.3. The topological polar surface area (TPSA) is 85.5 Å². The fourth-order valence-electron chi connectivity index (χ4n) is 5.22. The number of hydrogen-bond acceptors (Lipinski definition) is 6. The zero-order valence-electron chi connectivity index (χ0n) is 21.6. The highest BCUT2D eigenvalue weighted by Crippen LogP contribution is 2.39. The van der Waals surface area contributed by atoms with E-state index in [9.17, 15) is 9.59 Å². The molecule has 0 saturated heterocycles. The van der Waals surface area contributed by atoms with E-state index in [4.69, 9.17) is 20.9 Å². The summed E-state index contributed by atoms with van der Waals surface area (Å²) in [5.41, 5.74) is 4.16. The van der Waals surface area contributed by atoms with Gasteiger partial charge in [0.15, 0.2) is 0 Å². The van der Waals surface area contributed by atoms with Crippen molar-refractivity contribution in [1.82, 2.24) is 10.1 Å². The highest BCUT2D eigenvalue weighted by molar-refractivity contribution is 6.31. The zero-order chi connectivity index (χ0) is 26.2. The van der Waals surface area contributed by atoms with Gasteiger partial charge in [0.2, 0.25) is 11.7 Å². The van der Waals surface area contributed by atoms with Crippen molar-refractivity contribution in [2.24, 2.45) is 0 Å². The molecule has 0 atom stereocenters. The summed E-state index contributed by atoms with van der Waals surface area (Å²) in [6.45, 7) is 6.02. The molecule has 5 rings (SSSR count). The van der Waals surface area contributed by atoms with E-state index < -0.39 is 5.60 Å². The second kappa shape index (κ2) is 10.3. The normalized spacial score (nSPS) is 15.7. The Morgan fingerprint density at radius 1 is 1.08 bits per heavy atom. The summed E-state index contributed by atoms with van der Waals surface area (Å²) < 4.78 is 10.9. The third-order valence-corrected chi connectivity index (χ3v) is 7.29. The van der Waals surface area contributed by atoms with Gasteiger partial charge in [-0.05, 0) is 87.4 Å². The predicted octanol–water partition coefficient (Wildman–Crippen LogP) is 6.73. The average molecular weight is 522 g/mol. The van der Waals surface area contributed by atoms with Crippen molar-refractivity contribution < 1.29 is 18.8 Å². The van der Waals surface area contributed by atoms with Crippen molar-refractivity contribution in [1.29, 1.82) is 0 Å². The average Bonchev–Trinajstić information content (AvgIpc) is 3.62. The minimum atomic E-state index is -0.559. The van der Waals surface area contributed by atoms with Crippen molar-refractivity contribution in [3.8, 4) is 22.8 Å². The first-order valence-corrected chi connectivity index (χ1v) is 13.3. The molecule has 2 aliphatic rings. The lowest BCUT2D eigenvalue weighted by Gasteiger charge is -2.20. The number of hydrogen-bond donors (Lipinski definition) is 0. The fourth-order valence-corrected chi connectivity index (χ4v) is 5.56. The van der Waals surface area contributed by atoms with Gasteiger partial charge < -0.3 is 14.2 Å². The van der Waals surface area contributed by atoms with Gasteiger partial charge in [0.25, 0.3) is 5.89 Å². The van der Waals surface area contributed by atoms with Gasteiger partial charge in [-0.25, -0.2) is 0 Å². The Kier molecular flexibility index (Phi) is 7.08. The summed E-state index contributed by atoms with van der Waals surface area (Å²) in [4.78, 5) is 31.1. The van der Waals surface area contributed by atoms with Gasteiger partial charge in [-0.1, -0.05) is 35.7 Å². The van der Waals surface area contributed by atoms with E-state index in [0.717, 1.165) is 33.8 Å². The summed E-state index contributed by atoms with van der Waals surface area (Å²) in [5, 5.41) is 4.94.